The van der Waals surface area contributed by atoms with E-state index in [1.807, 2.05) is 0 Å². The standard InChI is InChI=1S/C21H15Cl2F3N2O3S/c1-12-5-7-16(32(30,31)28-15-6-8-18(22)19(23)10-15)11-17(12)20(29)27-14-4-2-3-13(9-14)21(24,25)26/h2-11,28H,1H3,(H,27,29). The lowest BCUT2D eigenvalue weighted by atomic mass is 10.1. The number of alkyl halides is 3. The van der Waals surface area contributed by atoms with Gasteiger partial charge in [0, 0.05) is 11.3 Å². The summed E-state index contributed by atoms with van der Waals surface area (Å²) in [5, 5.41) is 2.77. The molecule has 1 amide bonds. The Morgan fingerprint density at radius 1 is 0.906 bits per heavy atom. The van der Waals surface area contributed by atoms with E-state index in [2.05, 4.69) is 10.0 Å². The van der Waals surface area contributed by atoms with Crippen molar-refractivity contribution >= 4 is 50.5 Å². The van der Waals surface area contributed by atoms with Crippen LogP contribution in [0.5, 0.6) is 0 Å². The van der Waals surface area contributed by atoms with Crippen LogP contribution in [-0.4, -0.2) is 14.3 Å². The molecule has 3 rings (SSSR count). The zero-order valence-electron chi connectivity index (χ0n) is 16.3. The molecule has 5 nitrogen and oxygen atoms in total. The molecule has 2 N–H and O–H groups in total. The molecule has 11 heteroatoms. The molecule has 3 aromatic rings. The molecule has 3 aromatic carbocycles. The van der Waals surface area contributed by atoms with Crippen LogP contribution < -0.4 is 10.0 Å². The molecule has 0 bridgehead atoms. The molecular formula is C21H15Cl2F3N2O3S. The fraction of sp³-hybridized carbons (Fsp3) is 0.0952. The van der Waals surface area contributed by atoms with Crippen molar-refractivity contribution in [1.82, 2.24) is 0 Å². The van der Waals surface area contributed by atoms with Gasteiger partial charge in [-0.2, -0.15) is 13.2 Å². The predicted molar refractivity (Wildman–Crippen MR) is 118 cm³/mol. The highest BCUT2D eigenvalue weighted by molar-refractivity contribution is 7.92. The van der Waals surface area contributed by atoms with Crippen LogP contribution in [0, 0.1) is 6.92 Å². The summed E-state index contributed by atoms with van der Waals surface area (Å²) in [5.74, 6) is -0.756. The Kier molecular flexibility index (Phi) is 6.73. The number of benzene rings is 3. The third kappa shape index (κ3) is 5.53. The first-order valence-electron chi connectivity index (χ1n) is 8.94. The largest absolute Gasteiger partial charge is 0.416 e. The van der Waals surface area contributed by atoms with E-state index in [1.54, 1.807) is 6.92 Å². The maximum absolute atomic E-state index is 12.9. The average Bonchev–Trinajstić information content (AvgIpc) is 2.70. The van der Waals surface area contributed by atoms with Crippen molar-refractivity contribution < 1.29 is 26.4 Å². The van der Waals surface area contributed by atoms with Crippen LogP contribution in [0.4, 0.5) is 24.5 Å². The first-order chi connectivity index (χ1) is 14.9. The smallest absolute Gasteiger partial charge is 0.322 e. The Bertz CT molecular complexity index is 1300. The van der Waals surface area contributed by atoms with Crippen molar-refractivity contribution in [2.45, 2.75) is 18.0 Å². The maximum Gasteiger partial charge on any atom is 0.416 e. The van der Waals surface area contributed by atoms with Crippen LogP contribution >= 0.6 is 23.2 Å². The van der Waals surface area contributed by atoms with Gasteiger partial charge in [0.2, 0.25) is 0 Å². The lowest BCUT2D eigenvalue weighted by Crippen LogP contribution is -2.17. The van der Waals surface area contributed by atoms with E-state index in [-0.39, 0.29) is 31.9 Å². The topological polar surface area (TPSA) is 75.3 Å². The number of carbonyl (C=O) groups excluding carboxylic acids is 1. The third-order valence-corrected chi connectivity index (χ3v) is 6.50. The van der Waals surface area contributed by atoms with Gasteiger partial charge in [0.05, 0.1) is 26.2 Å². The van der Waals surface area contributed by atoms with Crippen LogP contribution in [0.25, 0.3) is 0 Å². The number of hydrogen-bond acceptors (Lipinski definition) is 3. The Balaban J connectivity index is 1.88. The third-order valence-electron chi connectivity index (χ3n) is 4.38. The quantitative estimate of drug-likeness (QED) is 0.425. The van der Waals surface area contributed by atoms with Gasteiger partial charge in [-0.15, -0.1) is 0 Å². The van der Waals surface area contributed by atoms with E-state index in [1.165, 1.54) is 36.4 Å². The first kappa shape index (κ1) is 23.9. The van der Waals surface area contributed by atoms with E-state index >= 15 is 0 Å². The molecule has 0 heterocycles. The molecule has 168 valence electrons. The molecule has 0 aliphatic carbocycles. The monoisotopic (exact) mass is 502 g/mol. The minimum absolute atomic E-state index is 0.0144. The Labute approximate surface area is 192 Å². The number of sulfonamides is 1. The van der Waals surface area contributed by atoms with Crippen LogP contribution in [0.2, 0.25) is 10.0 Å². The summed E-state index contributed by atoms with van der Waals surface area (Å²) in [6, 6.07) is 12.2. The van der Waals surface area contributed by atoms with Crippen molar-refractivity contribution in [1.29, 1.82) is 0 Å². The second-order valence-corrected chi connectivity index (χ2v) is 9.24. The van der Waals surface area contributed by atoms with E-state index < -0.39 is 27.7 Å². The number of nitrogens with one attached hydrogen (secondary N) is 2. The predicted octanol–water partition coefficient (Wildman–Crippen LogP) is 6.37. The number of amides is 1. The molecule has 0 spiro atoms. The van der Waals surface area contributed by atoms with Crippen molar-refractivity contribution in [2.75, 3.05) is 10.0 Å². The highest BCUT2D eigenvalue weighted by Crippen LogP contribution is 2.31. The summed E-state index contributed by atoms with van der Waals surface area (Å²) in [5.41, 5.74) is -0.419. The molecule has 0 saturated heterocycles. The van der Waals surface area contributed by atoms with Gasteiger partial charge in [0.25, 0.3) is 15.9 Å². The number of halogens is 5. The Hall–Kier alpha value is -2.75. The Morgan fingerprint density at radius 2 is 1.62 bits per heavy atom. The van der Waals surface area contributed by atoms with Crippen LogP contribution in [-0.2, 0) is 16.2 Å². The minimum atomic E-state index is -4.57. The second kappa shape index (κ2) is 9.01. The molecule has 0 radical (unpaired) electrons. The molecule has 0 aliphatic heterocycles. The lowest BCUT2D eigenvalue weighted by Gasteiger charge is -2.13. The number of anilines is 2. The van der Waals surface area contributed by atoms with Gasteiger partial charge in [-0.1, -0.05) is 35.3 Å². The second-order valence-electron chi connectivity index (χ2n) is 6.74. The molecule has 32 heavy (non-hydrogen) atoms. The zero-order chi connectivity index (χ0) is 23.7. The summed E-state index contributed by atoms with van der Waals surface area (Å²) in [4.78, 5) is 12.5. The molecule has 0 unspecified atom stereocenters. The molecular weight excluding hydrogens is 488 g/mol. The van der Waals surface area contributed by atoms with Crippen molar-refractivity contribution in [3.63, 3.8) is 0 Å². The van der Waals surface area contributed by atoms with Gasteiger partial charge in [0.15, 0.2) is 0 Å². The van der Waals surface area contributed by atoms with Gasteiger partial charge in [-0.3, -0.25) is 9.52 Å². The van der Waals surface area contributed by atoms with E-state index in [4.69, 9.17) is 23.2 Å². The normalized spacial score (nSPS) is 11.8. The summed E-state index contributed by atoms with van der Waals surface area (Å²) >= 11 is 11.7. The molecule has 0 saturated carbocycles. The van der Waals surface area contributed by atoms with Gasteiger partial charge in [0.1, 0.15) is 0 Å². The minimum Gasteiger partial charge on any atom is -0.322 e. The van der Waals surface area contributed by atoms with Crippen LogP contribution in [0.3, 0.4) is 0 Å². The van der Waals surface area contributed by atoms with Crippen molar-refractivity contribution in [3.8, 4) is 0 Å². The fourth-order valence-corrected chi connectivity index (χ4v) is 4.13. The van der Waals surface area contributed by atoms with Crippen molar-refractivity contribution in [2.24, 2.45) is 0 Å². The average molecular weight is 503 g/mol. The van der Waals surface area contributed by atoms with Gasteiger partial charge < -0.3 is 5.32 Å². The van der Waals surface area contributed by atoms with E-state index in [0.717, 1.165) is 24.3 Å². The summed E-state index contributed by atoms with van der Waals surface area (Å²) < 4.78 is 66.5. The fourth-order valence-electron chi connectivity index (χ4n) is 2.76. The first-order valence-corrected chi connectivity index (χ1v) is 11.2. The highest BCUT2D eigenvalue weighted by Gasteiger charge is 2.30. The molecule has 0 fully saturated rings. The highest BCUT2D eigenvalue weighted by atomic mass is 35.5. The summed E-state index contributed by atoms with van der Waals surface area (Å²) in [7, 11) is -4.10. The number of rotatable bonds is 5. The van der Waals surface area contributed by atoms with Crippen LogP contribution in [0.1, 0.15) is 21.5 Å². The van der Waals surface area contributed by atoms with Crippen molar-refractivity contribution in [3.05, 3.63) is 87.4 Å². The molecule has 0 atom stereocenters. The van der Waals surface area contributed by atoms with E-state index in [9.17, 15) is 26.4 Å². The number of aryl methyl sites for hydroxylation is 1. The molecule has 0 aliphatic rings. The SMILES string of the molecule is Cc1ccc(S(=O)(=O)Nc2ccc(Cl)c(Cl)c2)cc1C(=O)Nc1cccc(C(F)(F)F)c1. The zero-order valence-corrected chi connectivity index (χ0v) is 18.6. The summed E-state index contributed by atoms with van der Waals surface area (Å²) in [6.45, 7) is 1.57. The summed E-state index contributed by atoms with van der Waals surface area (Å²) in [6.07, 6.45) is -4.57. The number of carbonyl (C=O) groups is 1. The lowest BCUT2D eigenvalue weighted by molar-refractivity contribution is -0.137. The van der Waals surface area contributed by atoms with Gasteiger partial charge >= 0.3 is 6.18 Å². The maximum atomic E-state index is 12.9. The number of hydrogen-bond donors (Lipinski definition) is 2. The van der Waals surface area contributed by atoms with Gasteiger partial charge in [-0.25, -0.2) is 8.42 Å². The van der Waals surface area contributed by atoms with Gasteiger partial charge in [-0.05, 0) is 61.0 Å². The van der Waals surface area contributed by atoms with E-state index in [0.29, 0.717) is 5.56 Å². The Morgan fingerprint density at radius 3 is 2.28 bits per heavy atom. The van der Waals surface area contributed by atoms with Crippen LogP contribution in [0.15, 0.2) is 65.6 Å². The molecule has 0 aromatic heterocycles.